The van der Waals surface area contributed by atoms with Gasteiger partial charge in [-0.2, -0.15) is 35.7 Å². The highest BCUT2D eigenvalue weighted by Gasteiger charge is 2.46. The van der Waals surface area contributed by atoms with E-state index in [2.05, 4.69) is 0 Å². The van der Waals surface area contributed by atoms with Crippen molar-refractivity contribution in [2.45, 2.75) is 6.18 Å². The van der Waals surface area contributed by atoms with Crippen LogP contribution < -0.4 is 5.12 Å². The van der Waals surface area contributed by atoms with E-state index in [0.717, 1.165) is 0 Å². The predicted octanol–water partition coefficient (Wildman–Crippen LogP) is 2.42. The van der Waals surface area contributed by atoms with Crippen LogP contribution in [0.1, 0.15) is 0 Å². The average Bonchev–Trinajstić information content (AvgIpc) is 2.24. The largest absolute Gasteiger partial charge is 0.474 e. The zero-order chi connectivity index (χ0) is 14.2. The van der Waals surface area contributed by atoms with E-state index in [0.29, 0.717) is 0 Å². The highest BCUT2D eigenvalue weighted by atomic mass is 19.4. The Morgan fingerprint density at radius 2 is 1.39 bits per heavy atom. The van der Waals surface area contributed by atoms with Gasteiger partial charge in [0.1, 0.15) is 0 Å². The normalized spacial score (nSPS) is 11.6. The van der Waals surface area contributed by atoms with Gasteiger partial charge in [-0.1, -0.05) is 4.48 Å². The Balaban J connectivity index is 3.38. The lowest BCUT2D eigenvalue weighted by Crippen LogP contribution is -2.37. The van der Waals surface area contributed by atoms with Crippen molar-refractivity contribution in [1.29, 1.82) is 0 Å². The number of amides is 1. The second kappa shape index (κ2) is 4.38. The second-order valence-electron chi connectivity index (χ2n) is 2.75. The van der Waals surface area contributed by atoms with Gasteiger partial charge in [-0.3, -0.25) is 4.79 Å². The number of pyridine rings is 1. The molecule has 1 amide bonds. The molecule has 0 aliphatic rings. The highest BCUT2D eigenvalue weighted by Crippen LogP contribution is 2.30. The van der Waals surface area contributed by atoms with Crippen LogP contribution in [0.4, 0.5) is 40.9 Å². The monoisotopic (exact) mass is 280 g/mol. The summed E-state index contributed by atoms with van der Waals surface area (Å²) < 4.78 is 98.7. The standard InChI is InChI=1S/C7F8N2O/c8-1-3(2(9)5(11)16-4(1)10)17(15)6(18)7(12,13)14. The molecule has 11 heteroatoms. The second-order valence-corrected chi connectivity index (χ2v) is 2.75. The Hall–Kier alpha value is -1.94. The van der Waals surface area contributed by atoms with E-state index in [1.54, 1.807) is 0 Å². The molecule has 0 fully saturated rings. The van der Waals surface area contributed by atoms with E-state index in [1.807, 2.05) is 4.98 Å². The minimum atomic E-state index is -5.83. The average molecular weight is 280 g/mol. The summed E-state index contributed by atoms with van der Waals surface area (Å²) in [5.41, 5.74) is -2.47. The van der Waals surface area contributed by atoms with E-state index < -0.39 is 46.4 Å². The van der Waals surface area contributed by atoms with Crippen molar-refractivity contribution in [3.05, 3.63) is 23.5 Å². The molecule has 1 aromatic heterocycles. The molecule has 0 saturated carbocycles. The number of anilines is 1. The van der Waals surface area contributed by atoms with Crippen LogP contribution in [0.5, 0.6) is 0 Å². The fourth-order valence-electron chi connectivity index (χ4n) is 0.861. The van der Waals surface area contributed by atoms with Crippen LogP contribution in [0, 0.1) is 23.5 Å². The Morgan fingerprint density at radius 3 is 1.72 bits per heavy atom. The van der Waals surface area contributed by atoms with Crippen LogP contribution >= 0.6 is 0 Å². The fourth-order valence-corrected chi connectivity index (χ4v) is 0.861. The summed E-state index contributed by atoms with van der Waals surface area (Å²) in [5.74, 6) is -13.3. The third-order valence-electron chi connectivity index (χ3n) is 1.59. The Kier molecular flexibility index (Phi) is 3.44. The summed E-state index contributed by atoms with van der Waals surface area (Å²) in [7, 11) is 0. The molecule has 0 saturated heterocycles. The van der Waals surface area contributed by atoms with Crippen molar-refractivity contribution in [1.82, 2.24) is 4.98 Å². The number of hydrogen-bond donors (Lipinski definition) is 0. The molecule has 0 N–H and O–H groups in total. The number of rotatable bonds is 1. The number of hydrogen-bond acceptors (Lipinski definition) is 2. The maximum atomic E-state index is 12.8. The van der Waals surface area contributed by atoms with Gasteiger partial charge in [-0.25, -0.2) is 0 Å². The first-order valence-corrected chi connectivity index (χ1v) is 3.84. The minimum absolute atomic E-state index is 1.97. The first-order valence-electron chi connectivity index (χ1n) is 3.84. The molecule has 18 heavy (non-hydrogen) atoms. The van der Waals surface area contributed by atoms with E-state index in [4.69, 9.17) is 0 Å². The number of nitrogens with zero attached hydrogens (tertiary/aromatic N) is 2. The summed E-state index contributed by atoms with van der Waals surface area (Å²) >= 11 is 0. The van der Waals surface area contributed by atoms with Crippen molar-refractivity contribution in [2.75, 3.05) is 5.12 Å². The molecule has 0 atom stereocenters. The molecular weight excluding hydrogens is 280 g/mol. The van der Waals surface area contributed by atoms with Crippen LogP contribution in [-0.4, -0.2) is 17.1 Å². The molecule has 3 nitrogen and oxygen atoms in total. The van der Waals surface area contributed by atoms with Crippen LogP contribution in [0.2, 0.25) is 0 Å². The predicted molar refractivity (Wildman–Crippen MR) is 38.7 cm³/mol. The van der Waals surface area contributed by atoms with E-state index in [9.17, 15) is 40.0 Å². The molecule has 0 aromatic carbocycles. The molecule has 1 rings (SSSR count). The number of alkyl halides is 3. The Labute approximate surface area is 92.6 Å². The summed E-state index contributed by atoms with van der Waals surface area (Å²) in [6.45, 7) is 0. The van der Waals surface area contributed by atoms with E-state index in [-0.39, 0.29) is 0 Å². The number of halogens is 8. The lowest BCUT2D eigenvalue weighted by atomic mass is 10.3. The summed E-state index contributed by atoms with van der Waals surface area (Å²) in [6.07, 6.45) is -5.83. The van der Waals surface area contributed by atoms with Gasteiger partial charge in [0.2, 0.25) is 11.6 Å². The van der Waals surface area contributed by atoms with Gasteiger partial charge in [0.05, 0.1) is 0 Å². The molecule has 100 valence electrons. The van der Waals surface area contributed by atoms with Crippen molar-refractivity contribution in [2.24, 2.45) is 0 Å². The van der Waals surface area contributed by atoms with Crippen LogP contribution in [0.15, 0.2) is 0 Å². The minimum Gasteiger partial charge on any atom is -0.261 e. The lowest BCUT2D eigenvalue weighted by Gasteiger charge is -2.15. The van der Waals surface area contributed by atoms with Gasteiger partial charge in [0.25, 0.3) is 11.9 Å². The zero-order valence-corrected chi connectivity index (χ0v) is 7.83. The lowest BCUT2D eigenvalue weighted by molar-refractivity contribution is -0.173. The zero-order valence-electron chi connectivity index (χ0n) is 7.83. The van der Waals surface area contributed by atoms with Crippen molar-refractivity contribution in [3.8, 4) is 0 Å². The molecule has 1 heterocycles. The highest BCUT2D eigenvalue weighted by molar-refractivity contribution is 5.95. The number of aromatic nitrogens is 1. The van der Waals surface area contributed by atoms with Gasteiger partial charge >= 0.3 is 12.1 Å². The van der Waals surface area contributed by atoms with Crippen LogP contribution in [0.3, 0.4) is 0 Å². The number of carbonyl (C=O) groups excluding carboxylic acids is 1. The van der Waals surface area contributed by atoms with E-state index >= 15 is 0 Å². The quantitative estimate of drug-likeness (QED) is 0.449. The van der Waals surface area contributed by atoms with Gasteiger partial charge in [0.15, 0.2) is 5.69 Å². The maximum absolute atomic E-state index is 12.8. The smallest absolute Gasteiger partial charge is 0.261 e. The topological polar surface area (TPSA) is 33.2 Å². The van der Waals surface area contributed by atoms with Crippen molar-refractivity contribution < 1.29 is 40.0 Å². The van der Waals surface area contributed by atoms with E-state index in [1.165, 1.54) is 0 Å². The van der Waals surface area contributed by atoms with Gasteiger partial charge < -0.3 is 0 Å². The third kappa shape index (κ3) is 2.33. The molecule has 0 spiro atoms. The summed E-state index contributed by atoms with van der Waals surface area (Å²) in [4.78, 5) is 12.3. The van der Waals surface area contributed by atoms with Crippen molar-refractivity contribution in [3.63, 3.8) is 0 Å². The molecule has 0 bridgehead atoms. The first kappa shape index (κ1) is 14.1. The Bertz CT molecular complexity index is 473. The molecule has 0 unspecified atom stereocenters. The SMILES string of the molecule is O=C(N(F)c1c(F)c(F)nc(F)c1F)C(F)(F)F. The van der Waals surface area contributed by atoms with Gasteiger partial charge in [0, 0.05) is 0 Å². The third-order valence-corrected chi connectivity index (χ3v) is 1.59. The Morgan fingerprint density at radius 1 is 1.00 bits per heavy atom. The molecule has 0 radical (unpaired) electrons. The summed E-state index contributed by atoms with van der Waals surface area (Å²) in [6, 6.07) is 0. The van der Waals surface area contributed by atoms with Crippen LogP contribution in [-0.2, 0) is 4.79 Å². The van der Waals surface area contributed by atoms with Crippen LogP contribution in [0.25, 0.3) is 0 Å². The molecule has 0 aliphatic carbocycles. The van der Waals surface area contributed by atoms with Gasteiger partial charge in [-0.15, -0.1) is 5.12 Å². The molecule has 0 aliphatic heterocycles. The fraction of sp³-hybridized carbons (Fsp3) is 0.143. The number of carbonyl (C=O) groups is 1. The maximum Gasteiger partial charge on any atom is 0.474 e. The van der Waals surface area contributed by atoms with Gasteiger partial charge in [-0.05, 0) is 0 Å². The van der Waals surface area contributed by atoms with Crippen molar-refractivity contribution >= 4 is 11.6 Å². The summed E-state index contributed by atoms with van der Waals surface area (Å²) in [5, 5.41) is -2.08. The first-order chi connectivity index (χ1) is 8.07. The molecular formula is C7F8N2O. The molecule has 1 aromatic rings.